The third kappa shape index (κ3) is 3.10. The summed E-state index contributed by atoms with van der Waals surface area (Å²) in [5.41, 5.74) is 0. The molecule has 21 heavy (non-hydrogen) atoms. The highest BCUT2D eigenvalue weighted by Gasteiger charge is 2.35. The van der Waals surface area contributed by atoms with Crippen LogP contribution in [0.1, 0.15) is 63.2 Å². The van der Waals surface area contributed by atoms with E-state index < -0.39 is 0 Å². The molecule has 1 aromatic heterocycles. The van der Waals surface area contributed by atoms with E-state index in [-0.39, 0.29) is 17.9 Å². The molecule has 1 aliphatic heterocycles. The molecule has 6 nitrogen and oxygen atoms in total. The Morgan fingerprint density at radius 1 is 1.43 bits per heavy atom. The van der Waals surface area contributed by atoms with E-state index in [1.807, 2.05) is 25.8 Å². The molecule has 6 heteroatoms. The van der Waals surface area contributed by atoms with Crippen molar-refractivity contribution in [2.24, 2.45) is 0 Å². The van der Waals surface area contributed by atoms with Gasteiger partial charge in [-0.3, -0.25) is 9.69 Å². The van der Waals surface area contributed by atoms with Crippen LogP contribution in [0.4, 0.5) is 0 Å². The molecule has 2 heterocycles. The smallest absolute Gasteiger partial charge is 0.236 e. The molecule has 3 rings (SSSR count). The topological polar surface area (TPSA) is 62.5 Å². The summed E-state index contributed by atoms with van der Waals surface area (Å²) in [5.74, 6) is 1.86. The highest BCUT2D eigenvalue weighted by Crippen LogP contribution is 2.31. The van der Waals surface area contributed by atoms with E-state index in [9.17, 15) is 4.79 Å². The first-order valence-electron chi connectivity index (χ1n) is 7.89. The van der Waals surface area contributed by atoms with Crippen LogP contribution in [0.5, 0.6) is 0 Å². The lowest BCUT2D eigenvalue weighted by Gasteiger charge is -2.24. The maximum atomic E-state index is 12.3. The minimum Gasteiger partial charge on any atom is -0.342 e. The first-order valence-corrected chi connectivity index (χ1v) is 7.89. The van der Waals surface area contributed by atoms with Crippen molar-refractivity contribution in [1.82, 2.24) is 19.9 Å². The molecule has 1 atom stereocenters. The summed E-state index contributed by atoms with van der Waals surface area (Å²) in [5, 5.41) is 4.12. The molecule has 0 spiro atoms. The second-order valence-corrected chi connectivity index (χ2v) is 6.51. The Kier molecular flexibility index (Phi) is 3.97. The number of hydrogen-bond acceptors (Lipinski definition) is 5. The number of hydrogen-bond donors (Lipinski definition) is 0. The zero-order chi connectivity index (χ0) is 15.0. The molecule has 2 fully saturated rings. The van der Waals surface area contributed by atoms with Crippen LogP contribution in [0.3, 0.4) is 0 Å². The van der Waals surface area contributed by atoms with Crippen molar-refractivity contribution in [3.05, 3.63) is 11.7 Å². The fraction of sp³-hybridized carbons (Fsp3) is 0.800. The molecule has 1 saturated heterocycles. The van der Waals surface area contributed by atoms with Crippen molar-refractivity contribution >= 4 is 5.91 Å². The highest BCUT2D eigenvalue weighted by atomic mass is 16.5. The second kappa shape index (κ2) is 5.75. The quantitative estimate of drug-likeness (QED) is 0.830. The standard InChI is InChI=1S/C15H24N4O2/c1-10(2)15-16-14(17-21-15)12-5-4-8-19(12)9-13(20)18(3)11-6-7-11/h10-12H,4-9H2,1-3H3. The van der Waals surface area contributed by atoms with Crippen molar-refractivity contribution in [2.45, 2.75) is 57.5 Å². The lowest BCUT2D eigenvalue weighted by Crippen LogP contribution is -2.39. The summed E-state index contributed by atoms with van der Waals surface area (Å²) in [6.07, 6.45) is 4.37. The zero-order valence-corrected chi connectivity index (χ0v) is 13.1. The Bertz CT molecular complexity index is 510. The van der Waals surface area contributed by atoms with E-state index in [4.69, 9.17) is 4.52 Å². The Hall–Kier alpha value is -1.43. The fourth-order valence-corrected chi connectivity index (χ4v) is 2.88. The fourth-order valence-electron chi connectivity index (χ4n) is 2.88. The summed E-state index contributed by atoms with van der Waals surface area (Å²) < 4.78 is 5.30. The van der Waals surface area contributed by atoms with E-state index >= 15 is 0 Å². The van der Waals surface area contributed by atoms with Crippen LogP contribution in [0.2, 0.25) is 0 Å². The predicted octanol–water partition coefficient (Wildman–Crippen LogP) is 1.95. The predicted molar refractivity (Wildman–Crippen MR) is 77.7 cm³/mol. The van der Waals surface area contributed by atoms with Crippen LogP contribution in [0.25, 0.3) is 0 Å². The normalized spacial score (nSPS) is 23.0. The van der Waals surface area contributed by atoms with Crippen molar-refractivity contribution in [1.29, 1.82) is 0 Å². The van der Waals surface area contributed by atoms with E-state index in [1.54, 1.807) is 0 Å². The van der Waals surface area contributed by atoms with Crippen LogP contribution < -0.4 is 0 Å². The van der Waals surface area contributed by atoms with E-state index in [0.29, 0.717) is 18.5 Å². The number of aromatic nitrogens is 2. The number of carbonyl (C=O) groups is 1. The molecular formula is C15H24N4O2. The van der Waals surface area contributed by atoms with Crippen LogP contribution in [0, 0.1) is 0 Å². The second-order valence-electron chi connectivity index (χ2n) is 6.51. The van der Waals surface area contributed by atoms with Crippen LogP contribution in [0.15, 0.2) is 4.52 Å². The number of carbonyl (C=O) groups excluding carboxylic acids is 1. The lowest BCUT2D eigenvalue weighted by molar-refractivity contribution is -0.131. The Labute approximate surface area is 125 Å². The maximum Gasteiger partial charge on any atom is 0.236 e. The first kappa shape index (κ1) is 14.5. The van der Waals surface area contributed by atoms with Crippen LogP contribution in [-0.2, 0) is 4.79 Å². The number of nitrogens with zero attached hydrogens (tertiary/aromatic N) is 4. The first-order chi connectivity index (χ1) is 10.1. The number of likely N-dealkylation sites (N-methyl/N-ethyl adjacent to an activating group) is 1. The van der Waals surface area contributed by atoms with Crippen molar-refractivity contribution in [3.8, 4) is 0 Å². The van der Waals surface area contributed by atoms with Gasteiger partial charge in [0.15, 0.2) is 5.82 Å². The van der Waals surface area contributed by atoms with Gasteiger partial charge < -0.3 is 9.42 Å². The largest absolute Gasteiger partial charge is 0.342 e. The number of rotatable bonds is 5. The van der Waals surface area contributed by atoms with Crippen molar-refractivity contribution < 1.29 is 9.32 Å². The lowest BCUT2D eigenvalue weighted by atomic mass is 10.2. The minimum absolute atomic E-state index is 0.123. The van der Waals surface area contributed by atoms with Gasteiger partial charge in [-0.15, -0.1) is 0 Å². The Morgan fingerprint density at radius 2 is 2.19 bits per heavy atom. The molecule has 0 aromatic carbocycles. The van der Waals surface area contributed by atoms with Gasteiger partial charge in [-0.2, -0.15) is 4.98 Å². The van der Waals surface area contributed by atoms with Gasteiger partial charge >= 0.3 is 0 Å². The summed E-state index contributed by atoms with van der Waals surface area (Å²) in [4.78, 5) is 20.9. The molecule has 0 N–H and O–H groups in total. The van der Waals surface area contributed by atoms with Crippen molar-refractivity contribution in [3.63, 3.8) is 0 Å². The van der Waals surface area contributed by atoms with Gasteiger partial charge in [-0.1, -0.05) is 19.0 Å². The Balaban J connectivity index is 1.65. The molecular weight excluding hydrogens is 268 g/mol. The number of amides is 1. The maximum absolute atomic E-state index is 12.3. The molecule has 0 radical (unpaired) electrons. The average molecular weight is 292 g/mol. The molecule has 1 saturated carbocycles. The van der Waals surface area contributed by atoms with Gasteiger partial charge in [0, 0.05) is 19.0 Å². The van der Waals surface area contributed by atoms with Gasteiger partial charge in [0.25, 0.3) is 0 Å². The average Bonchev–Trinajstić information content (AvgIpc) is 2.99. The van der Waals surface area contributed by atoms with Crippen LogP contribution >= 0.6 is 0 Å². The molecule has 1 aliphatic carbocycles. The van der Waals surface area contributed by atoms with Gasteiger partial charge in [0.1, 0.15) is 0 Å². The van der Waals surface area contributed by atoms with Crippen LogP contribution in [-0.4, -0.2) is 52.0 Å². The van der Waals surface area contributed by atoms with Gasteiger partial charge in [0.05, 0.1) is 12.6 Å². The molecule has 1 amide bonds. The van der Waals surface area contributed by atoms with Gasteiger partial charge in [0.2, 0.25) is 11.8 Å². The summed E-state index contributed by atoms with van der Waals surface area (Å²) >= 11 is 0. The third-order valence-corrected chi connectivity index (χ3v) is 4.44. The van der Waals surface area contributed by atoms with E-state index in [1.165, 1.54) is 0 Å². The van der Waals surface area contributed by atoms with E-state index in [0.717, 1.165) is 38.1 Å². The SMILES string of the molecule is CC(C)c1nc(C2CCCN2CC(=O)N(C)C2CC2)no1. The molecule has 2 aliphatic rings. The zero-order valence-electron chi connectivity index (χ0n) is 13.1. The molecule has 1 unspecified atom stereocenters. The minimum atomic E-state index is 0.123. The summed E-state index contributed by atoms with van der Waals surface area (Å²) in [7, 11) is 1.91. The molecule has 116 valence electrons. The third-order valence-electron chi connectivity index (χ3n) is 4.44. The monoisotopic (exact) mass is 292 g/mol. The number of likely N-dealkylation sites (tertiary alicyclic amines) is 1. The van der Waals surface area contributed by atoms with Gasteiger partial charge in [-0.25, -0.2) is 0 Å². The summed E-state index contributed by atoms with van der Waals surface area (Å²) in [6, 6.07) is 0.592. The molecule has 0 bridgehead atoms. The Morgan fingerprint density at radius 3 is 2.81 bits per heavy atom. The molecule has 1 aromatic rings. The summed E-state index contributed by atoms with van der Waals surface area (Å²) in [6.45, 7) is 5.47. The van der Waals surface area contributed by atoms with Gasteiger partial charge in [-0.05, 0) is 32.2 Å². The van der Waals surface area contributed by atoms with Crippen molar-refractivity contribution in [2.75, 3.05) is 20.1 Å². The highest BCUT2D eigenvalue weighted by molar-refractivity contribution is 5.78. The van der Waals surface area contributed by atoms with E-state index in [2.05, 4.69) is 15.0 Å².